The quantitative estimate of drug-likeness (QED) is 0.231. The number of hydrogen-bond acceptors (Lipinski definition) is 6. The lowest BCUT2D eigenvalue weighted by atomic mass is 10.1. The van der Waals surface area contributed by atoms with Gasteiger partial charge in [-0.15, -0.1) is 0 Å². The summed E-state index contributed by atoms with van der Waals surface area (Å²) >= 11 is 0. The first-order valence-corrected chi connectivity index (χ1v) is 10.5. The monoisotopic (exact) mass is 445 g/mol. The minimum Gasteiger partial charge on any atom is -0.482 e. The summed E-state index contributed by atoms with van der Waals surface area (Å²) in [7, 11) is 0. The zero-order valence-electron chi connectivity index (χ0n) is 18.4. The van der Waals surface area contributed by atoms with Crippen LogP contribution in [0, 0.1) is 13.8 Å². The van der Waals surface area contributed by atoms with Crippen LogP contribution in [0.2, 0.25) is 0 Å². The second kappa shape index (κ2) is 9.56. The third-order valence-corrected chi connectivity index (χ3v) is 5.37. The van der Waals surface area contributed by atoms with Crippen molar-refractivity contribution in [1.82, 2.24) is 4.57 Å². The molecule has 0 aliphatic rings. The second-order valence-corrected chi connectivity index (χ2v) is 7.68. The van der Waals surface area contributed by atoms with Crippen molar-refractivity contribution < 1.29 is 23.5 Å². The minimum absolute atomic E-state index is 0.275. The Bertz CT molecular complexity index is 1370. The van der Waals surface area contributed by atoms with Gasteiger partial charge >= 0.3 is 11.6 Å². The average molecular weight is 445 g/mol. The number of hydrogen-bond donors (Lipinski definition) is 0. The van der Waals surface area contributed by atoms with Crippen molar-refractivity contribution in [2.75, 3.05) is 13.2 Å². The highest BCUT2D eigenvalue weighted by atomic mass is 16.6. The summed E-state index contributed by atoms with van der Waals surface area (Å²) < 4.78 is 17.7. The number of carbonyl (C=O) groups is 2. The highest BCUT2D eigenvalue weighted by molar-refractivity contribution is 5.99. The lowest BCUT2D eigenvalue weighted by molar-refractivity contribution is -0.144. The standard InChI is InChI=1S/C26H23NO6/c1-17-12-22(18(2)27(17)14-19-6-4-3-5-7-19)23(28)15-32-26(30)16-31-21-10-8-20-9-11-25(29)33-24(20)13-21/h3-13H,14-16H2,1-2H3. The molecule has 0 spiro atoms. The summed E-state index contributed by atoms with van der Waals surface area (Å²) in [6.07, 6.45) is 0. The van der Waals surface area contributed by atoms with E-state index < -0.39 is 11.6 Å². The molecule has 0 radical (unpaired) electrons. The van der Waals surface area contributed by atoms with E-state index in [9.17, 15) is 14.4 Å². The number of aromatic nitrogens is 1. The molecule has 7 heteroatoms. The van der Waals surface area contributed by atoms with Crippen molar-refractivity contribution >= 4 is 22.7 Å². The van der Waals surface area contributed by atoms with E-state index in [1.165, 1.54) is 12.1 Å². The topological polar surface area (TPSA) is 87.7 Å². The Labute approximate surface area is 190 Å². The zero-order valence-corrected chi connectivity index (χ0v) is 18.4. The molecule has 0 saturated heterocycles. The van der Waals surface area contributed by atoms with Crippen LogP contribution < -0.4 is 10.4 Å². The largest absolute Gasteiger partial charge is 0.482 e. The van der Waals surface area contributed by atoms with Gasteiger partial charge in [-0.25, -0.2) is 9.59 Å². The SMILES string of the molecule is Cc1cc(C(=O)COC(=O)COc2ccc3ccc(=O)oc3c2)c(C)n1Cc1ccccc1. The summed E-state index contributed by atoms with van der Waals surface area (Å²) in [6, 6.07) is 19.7. The molecular formula is C26H23NO6. The number of carbonyl (C=O) groups excluding carboxylic acids is 2. The molecule has 2 aromatic heterocycles. The Morgan fingerprint density at radius 3 is 2.48 bits per heavy atom. The lowest BCUT2D eigenvalue weighted by Gasteiger charge is -2.10. The third kappa shape index (κ3) is 5.20. The van der Waals surface area contributed by atoms with E-state index in [0.717, 1.165) is 22.3 Å². The van der Waals surface area contributed by atoms with Gasteiger partial charge in [0.25, 0.3) is 0 Å². The van der Waals surface area contributed by atoms with E-state index in [2.05, 4.69) is 4.57 Å². The van der Waals surface area contributed by atoms with Crippen LogP contribution in [0.3, 0.4) is 0 Å². The van der Waals surface area contributed by atoms with Crippen LogP contribution in [0.15, 0.2) is 75.9 Å². The molecule has 0 N–H and O–H groups in total. The first-order valence-electron chi connectivity index (χ1n) is 10.5. The second-order valence-electron chi connectivity index (χ2n) is 7.68. The number of esters is 1. The number of nitrogens with zero attached hydrogens (tertiary/aromatic N) is 1. The summed E-state index contributed by atoms with van der Waals surface area (Å²) in [5, 5.41) is 0.736. The minimum atomic E-state index is -0.670. The Morgan fingerprint density at radius 2 is 1.70 bits per heavy atom. The molecule has 0 saturated carbocycles. The van der Waals surface area contributed by atoms with E-state index in [1.807, 2.05) is 50.2 Å². The number of fused-ring (bicyclic) bond motifs is 1. The lowest BCUT2D eigenvalue weighted by Crippen LogP contribution is -2.20. The predicted octanol–water partition coefficient (Wildman–Crippen LogP) is 4.06. The highest BCUT2D eigenvalue weighted by Crippen LogP contribution is 2.20. The molecule has 7 nitrogen and oxygen atoms in total. The average Bonchev–Trinajstić information content (AvgIpc) is 3.10. The molecule has 2 aromatic carbocycles. The van der Waals surface area contributed by atoms with Gasteiger partial charge in [0.05, 0.1) is 0 Å². The van der Waals surface area contributed by atoms with Crippen LogP contribution in [-0.2, 0) is 16.1 Å². The Morgan fingerprint density at radius 1 is 0.939 bits per heavy atom. The van der Waals surface area contributed by atoms with Crippen molar-refractivity contribution in [2.45, 2.75) is 20.4 Å². The number of Topliss-reactive ketones (excluding diaryl/α,β-unsaturated/α-hetero) is 1. The van der Waals surface area contributed by atoms with Crippen LogP contribution >= 0.6 is 0 Å². The van der Waals surface area contributed by atoms with E-state index in [4.69, 9.17) is 13.9 Å². The molecule has 0 amide bonds. The molecule has 168 valence electrons. The molecule has 0 unspecified atom stereocenters. The van der Waals surface area contributed by atoms with Gasteiger partial charge in [-0.05, 0) is 43.7 Å². The Kier molecular flexibility index (Phi) is 6.40. The predicted molar refractivity (Wildman–Crippen MR) is 123 cm³/mol. The number of ether oxygens (including phenoxy) is 2. The summed E-state index contributed by atoms with van der Waals surface area (Å²) in [5.41, 5.74) is 3.33. The normalized spacial score (nSPS) is 10.8. The smallest absolute Gasteiger partial charge is 0.344 e. The Hall–Kier alpha value is -4.13. The first kappa shape index (κ1) is 22.1. The van der Waals surface area contributed by atoms with Crippen molar-refractivity contribution in [3.63, 3.8) is 0 Å². The maximum Gasteiger partial charge on any atom is 0.344 e. The number of rotatable bonds is 8. The molecule has 4 rings (SSSR count). The van der Waals surface area contributed by atoms with Gasteiger partial charge in [-0.2, -0.15) is 0 Å². The van der Waals surface area contributed by atoms with Gasteiger partial charge in [0.15, 0.2) is 13.2 Å². The first-order chi connectivity index (χ1) is 15.9. The van der Waals surface area contributed by atoms with Crippen molar-refractivity contribution in [1.29, 1.82) is 0 Å². The number of aryl methyl sites for hydroxylation is 1. The van der Waals surface area contributed by atoms with Crippen LogP contribution in [-0.4, -0.2) is 29.5 Å². The third-order valence-electron chi connectivity index (χ3n) is 5.37. The van der Waals surface area contributed by atoms with Gasteiger partial charge in [0.2, 0.25) is 5.78 Å². The molecule has 0 atom stereocenters. The molecule has 0 aliphatic heterocycles. The van der Waals surface area contributed by atoms with Crippen molar-refractivity contribution in [3.8, 4) is 5.75 Å². The maximum absolute atomic E-state index is 12.7. The van der Waals surface area contributed by atoms with Gasteiger partial charge < -0.3 is 18.5 Å². The van der Waals surface area contributed by atoms with Crippen LogP contribution in [0.25, 0.3) is 11.0 Å². The van der Waals surface area contributed by atoms with Gasteiger partial charge in [-0.1, -0.05) is 30.3 Å². The van der Waals surface area contributed by atoms with Crippen LogP contribution in [0.1, 0.15) is 27.3 Å². The Balaban J connectivity index is 1.33. The summed E-state index contributed by atoms with van der Waals surface area (Å²) in [4.78, 5) is 36.1. The van der Waals surface area contributed by atoms with Crippen LogP contribution in [0.5, 0.6) is 5.75 Å². The van der Waals surface area contributed by atoms with Crippen LogP contribution in [0.4, 0.5) is 0 Å². The maximum atomic E-state index is 12.7. The molecule has 0 fully saturated rings. The fourth-order valence-electron chi connectivity index (χ4n) is 3.63. The number of benzene rings is 2. The molecule has 0 bridgehead atoms. The van der Waals surface area contributed by atoms with E-state index in [1.54, 1.807) is 18.2 Å². The highest BCUT2D eigenvalue weighted by Gasteiger charge is 2.18. The van der Waals surface area contributed by atoms with Gasteiger partial charge in [0, 0.05) is 41.0 Å². The molecule has 4 aromatic rings. The number of ketones is 1. The molecule has 0 aliphatic carbocycles. The molecule has 33 heavy (non-hydrogen) atoms. The van der Waals surface area contributed by atoms with Crippen molar-refractivity contribution in [2.24, 2.45) is 0 Å². The van der Waals surface area contributed by atoms with Gasteiger partial charge in [-0.3, -0.25) is 4.79 Å². The fourth-order valence-corrected chi connectivity index (χ4v) is 3.63. The fraction of sp³-hybridized carbons (Fsp3) is 0.192. The summed E-state index contributed by atoms with van der Waals surface area (Å²) in [5.74, 6) is -0.594. The van der Waals surface area contributed by atoms with E-state index in [0.29, 0.717) is 23.4 Å². The molecule has 2 heterocycles. The zero-order chi connectivity index (χ0) is 23.4. The molecular weight excluding hydrogens is 422 g/mol. The van der Waals surface area contributed by atoms with E-state index in [-0.39, 0.29) is 19.0 Å². The van der Waals surface area contributed by atoms with E-state index >= 15 is 0 Å². The van der Waals surface area contributed by atoms with Gasteiger partial charge in [0.1, 0.15) is 11.3 Å². The van der Waals surface area contributed by atoms with Crippen molar-refractivity contribution in [3.05, 3.63) is 99.7 Å². The summed E-state index contributed by atoms with van der Waals surface area (Å²) in [6.45, 7) is 3.74.